The molecule has 1 rings (SSSR count). The van der Waals surface area contributed by atoms with Gasteiger partial charge in [0, 0.05) is 13.2 Å². The number of anilines is 1. The number of carbonyl (C=O) groups is 1. The Labute approximate surface area is 87.2 Å². The first-order valence-corrected chi connectivity index (χ1v) is 5.64. The Morgan fingerprint density at radius 1 is 1.53 bits per heavy atom. The number of nitrogens with zero attached hydrogens (tertiary/aromatic N) is 2. The molecular formula is C8H10N2O4S. The highest BCUT2D eigenvalue weighted by Crippen LogP contribution is 2.11. The molecule has 1 N–H and O–H groups in total. The van der Waals surface area contributed by atoms with Crippen molar-refractivity contribution in [2.24, 2.45) is 0 Å². The van der Waals surface area contributed by atoms with Crippen LogP contribution in [0, 0.1) is 0 Å². The number of carboxylic acid groups (broad SMARTS) is 1. The Hall–Kier alpha value is -1.63. The smallest absolute Gasteiger partial charge is 0.320 e. The molecule has 0 spiro atoms. The molecule has 0 aromatic carbocycles. The predicted octanol–water partition coefficient (Wildman–Crippen LogP) is -0.0678. The molecule has 7 heteroatoms. The molecule has 0 radical (unpaired) electrons. The number of aromatic nitrogens is 1. The zero-order valence-corrected chi connectivity index (χ0v) is 8.81. The van der Waals surface area contributed by atoms with Gasteiger partial charge < -0.3 is 5.11 Å². The van der Waals surface area contributed by atoms with Crippen LogP contribution in [0.1, 0.15) is 0 Å². The van der Waals surface area contributed by atoms with Crippen LogP contribution in [0.5, 0.6) is 0 Å². The van der Waals surface area contributed by atoms with Crippen molar-refractivity contribution in [2.75, 3.05) is 17.1 Å². The highest BCUT2D eigenvalue weighted by Gasteiger charge is 2.22. The fraction of sp³-hybridized carbons (Fsp3) is 0.250. The van der Waals surface area contributed by atoms with Gasteiger partial charge in [0.05, 0.1) is 0 Å². The summed E-state index contributed by atoms with van der Waals surface area (Å²) in [6, 6.07) is 4.75. The molecule has 0 amide bonds. The van der Waals surface area contributed by atoms with Crippen LogP contribution in [-0.2, 0) is 14.8 Å². The number of hydrogen-bond acceptors (Lipinski definition) is 4. The van der Waals surface area contributed by atoms with Gasteiger partial charge in [0.15, 0.2) is 5.75 Å². The average molecular weight is 230 g/mol. The fourth-order valence-electron chi connectivity index (χ4n) is 0.935. The molecule has 0 aliphatic rings. The first-order chi connectivity index (χ1) is 6.93. The predicted molar refractivity (Wildman–Crippen MR) is 54.1 cm³/mol. The van der Waals surface area contributed by atoms with Crippen molar-refractivity contribution < 1.29 is 18.3 Å². The quantitative estimate of drug-likeness (QED) is 0.782. The maximum absolute atomic E-state index is 11.4. The summed E-state index contributed by atoms with van der Waals surface area (Å²) in [6.45, 7) is 0. The van der Waals surface area contributed by atoms with Crippen LogP contribution >= 0.6 is 0 Å². The normalized spacial score (nSPS) is 11.0. The molecule has 1 aromatic heterocycles. The minimum absolute atomic E-state index is 0.193. The molecule has 6 nitrogen and oxygen atoms in total. The van der Waals surface area contributed by atoms with Gasteiger partial charge in [0.1, 0.15) is 5.82 Å². The van der Waals surface area contributed by atoms with E-state index in [2.05, 4.69) is 4.98 Å². The molecule has 82 valence electrons. The molecule has 1 heterocycles. The lowest BCUT2D eigenvalue weighted by Crippen LogP contribution is -2.32. The van der Waals surface area contributed by atoms with Gasteiger partial charge in [-0.2, -0.15) is 0 Å². The molecule has 15 heavy (non-hydrogen) atoms. The van der Waals surface area contributed by atoms with Gasteiger partial charge in [-0.1, -0.05) is 6.07 Å². The van der Waals surface area contributed by atoms with Crippen molar-refractivity contribution in [3.8, 4) is 0 Å². The van der Waals surface area contributed by atoms with Gasteiger partial charge in [0.25, 0.3) is 0 Å². The third-order valence-electron chi connectivity index (χ3n) is 1.70. The van der Waals surface area contributed by atoms with Crippen LogP contribution in [0.3, 0.4) is 0 Å². The average Bonchev–Trinajstić information content (AvgIpc) is 2.16. The van der Waals surface area contributed by atoms with Gasteiger partial charge in [0.2, 0.25) is 10.0 Å². The van der Waals surface area contributed by atoms with Crippen LogP contribution < -0.4 is 4.31 Å². The summed E-state index contributed by atoms with van der Waals surface area (Å²) in [7, 11) is -2.58. The van der Waals surface area contributed by atoms with E-state index in [0.717, 1.165) is 4.31 Å². The van der Waals surface area contributed by atoms with E-state index in [4.69, 9.17) is 5.11 Å². The third kappa shape index (κ3) is 2.91. The van der Waals surface area contributed by atoms with Crippen molar-refractivity contribution in [1.29, 1.82) is 0 Å². The number of hydrogen-bond donors (Lipinski definition) is 1. The van der Waals surface area contributed by atoms with E-state index >= 15 is 0 Å². The molecule has 1 aromatic rings. The first-order valence-electron chi connectivity index (χ1n) is 4.03. The SMILES string of the molecule is CN(c1ccccn1)S(=O)(=O)CC(=O)O. The van der Waals surface area contributed by atoms with Crippen molar-refractivity contribution in [1.82, 2.24) is 4.98 Å². The molecule has 0 saturated carbocycles. The van der Waals surface area contributed by atoms with E-state index in [9.17, 15) is 13.2 Å². The Morgan fingerprint density at radius 2 is 2.20 bits per heavy atom. The first kappa shape index (κ1) is 11.4. The van der Waals surface area contributed by atoms with Crippen molar-refractivity contribution in [3.05, 3.63) is 24.4 Å². The monoisotopic (exact) mass is 230 g/mol. The van der Waals surface area contributed by atoms with Crippen LogP contribution in [0.4, 0.5) is 5.82 Å². The summed E-state index contributed by atoms with van der Waals surface area (Å²) < 4.78 is 23.7. The lowest BCUT2D eigenvalue weighted by molar-refractivity contribution is -0.134. The zero-order valence-electron chi connectivity index (χ0n) is 7.99. The Bertz CT molecular complexity index is 443. The second-order valence-electron chi connectivity index (χ2n) is 2.81. The third-order valence-corrected chi connectivity index (χ3v) is 3.33. The number of aliphatic carboxylic acids is 1. The number of carboxylic acids is 1. The summed E-state index contributed by atoms with van der Waals surface area (Å²) in [5.74, 6) is -2.14. The zero-order chi connectivity index (χ0) is 11.5. The highest BCUT2D eigenvalue weighted by atomic mass is 32.2. The van der Waals surface area contributed by atoms with Crippen LogP contribution in [0.15, 0.2) is 24.4 Å². The minimum atomic E-state index is -3.84. The summed E-state index contributed by atoms with van der Waals surface area (Å²) in [6.07, 6.45) is 1.43. The van der Waals surface area contributed by atoms with Gasteiger partial charge in [-0.05, 0) is 12.1 Å². The fourth-order valence-corrected chi connectivity index (χ4v) is 1.83. The summed E-state index contributed by atoms with van der Waals surface area (Å²) in [5, 5.41) is 8.42. The van der Waals surface area contributed by atoms with E-state index in [1.54, 1.807) is 12.1 Å². The molecule has 0 atom stereocenters. The number of sulfonamides is 1. The Morgan fingerprint density at radius 3 is 2.67 bits per heavy atom. The van der Waals surface area contributed by atoms with E-state index in [1.165, 1.54) is 19.3 Å². The Balaban J connectivity index is 2.95. The van der Waals surface area contributed by atoms with E-state index in [1.807, 2.05) is 0 Å². The van der Waals surface area contributed by atoms with Crippen molar-refractivity contribution in [3.63, 3.8) is 0 Å². The van der Waals surface area contributed by atoms with E-state index in [0.29, 0.717) is 0 Å². The molecular weight excluding hydrogens is 220 g/mol. The second-order valence-corrected chi connectivity index (χ2v) is 4.81. The van der Waals surface area contributed by atoms with Crippen molar-refractivity contribution >= 4 is 21.8 Å². The van der Waals surface area contributed by atoms with Gasteiger partial charge >= 0.3 is 5.97 Å². The topological polar surface area (TPSA) is 87.6 Å². The van der Waals surface area contributed by atoms with E-state index < -0.39 is 21.7 Å². The van der Waals surface area contributed by atoms with Crippen LogP contribution in [0.25, 0.3) is 0 Å². The molecule has 0 bridgehead atoms. The molecule has 0 fully saturated rings. The molecule has 0 aliphatic heterocycles. The summed E-state index contributed by atoms with van der Waals surface area (Å²) >= 11 is 0. The molecule has 0 unspecified atom stereocenters. The number of pyridine rings is 1. The van der Waals surface area contributed by atoms with Gasteiger partial charge in [-0.25, -0.2) is 13.4 Å². The maximum atomic E-state index is 11.4. The standard InChI is InChI=1S/C8H10N2O4S/c1-10(7-4-2-3-5-9-7)15(13,14)6-8(11)12/h2-5H,6H2,1H3,(H,11,12). The van der Waals surface area contributed by atoms with E-state index in [-0.39, 0.29) is 5.82 Å². The van der Waals surface area contributed by atoms with Crippen LogP contribution in [0.2, 0.25) is 0 Å². The Kier molecular flexibility index (Phi) is 3.25. The largest absolute Gasteiger partial charge is 0.480 e. The summed E-state index contributed by atoms with van der Waals surface area (Å²) in [4.78, 5) is 14.1. The maximum Gasteiger partial charge on any atom is 0.320 e. The minimum Gasteiger partial charge on any atom is -0.480 e. The highest BCUT2D eigenvalue weighted by molar-refractivity contribution is 7.93. The second kappa shape index (κ2) is 4.26. The van der Waals surface area contributed by atoms with Crippen LogP contribution in [-0.4, -0.2) is 37.3 Å². The van der Waals surface area contributed by atoms with Gasteiger partial charge in [-0.15, -0.1) is 0 Å². The lowest BCUT2D eigenvalue weighted by Gasteiger charge is -2.16. The van der Waals surface area contributed by atoms with Crippen molar-refractivity contribution in [2.45, 2.75) is 0 Å². The number of rotatable bonds is 4. The molecule has 0 aliphatic carbocycles. The molecule has 0 saturated heterocycles. The lowest BCUT2D eigenvalue weighted by atomic mass is 10.5. The van der Waals surface area contributed by atoms with Gasteiger partial charge in [-0.3, -0.25) is 9.10 Å². The summed E-state index contributed by atoms with van der Waals surface area (Å²) in [5.41, 5.74) is 0.